The zero-order chi connectivity index (χ0) is 14.8. The van der Waals surface area contributed by atoms with Gasteiger partial charge in [-0.2, -0.15) is 16.9 Å². The van der Waals surface area contributed by atoms with Gasteiger partial charge < -0.3 is 5.32 Å². The monoisotopic (exact) mass is 368 g/mol. The molecule has 0 saturated carbocycles. The number of benzene rings is 1. The van der Waals surface area contributed by atoms with Gasteiger partial charge in [0, 0.05) is 18.1 Å². The second-order valence-electron chi connectivity index (χ2n) is 4.72. The van der Waals surface area contributed by atoms with Crippen LogP contribution >= 0.6 is 27.7 Å². The van der Waals surface area contributed by atoms with Crippen LogP contribution in [0.5, 0.6) is 0 Å². The standard InChI is InChI=1S/C13H13BrN4O2S/c14-12-11(18(19)20)13(17(16-12)10-7-21-8-10)15-6-9-4-2-1-3-5-9/h1-5,10,15H,6-8H2. The SMILES string of the molecule is O=[N+]([O-])c1c(Br)nn(C2CSC2)c1NCc1ccccc1. The van der Waals surface area contributed by atoms with E-state index in [1.54, 1.807) is 4.68 Å². The molecule has 0 atom stereocenters. The summed E-state index contributed by atoms with van der Waals surface area (Å²) < 4.78 is 2.02. The molecule has 0 amide bonds. The van der Waals surface area contributed by atoms with E-state index in [0.29, 0.717) is 12.4 Å². The predicted molar refractivity (Wildman–Crippen MR) is 86.7 cm³/mol. The molecule has 1 aliphatic rings. The van der Waals surface area contributed by atoms with Crippen LogP contribution in [0.25, 0.3) is 0 Å². The van der Waals surface area contributed by atoms with Crippen molar-refractivity contribution in [2.24, 2.45) is 0 Å². The number of rotatable bonds is 5. The quantitative estimate of drug-likeness (QED) is 0.646. The van der Waals surface area contributed by atoms with Gasteiger partial charge in [0.05, 0.1) is 11.0 Å². The molecule has 2 heterocycles. The number of nitrogens with one attached hydrogen (secondary N) is 1. The minimum Gasteiger partial charge on any atom is -0.360 e. The largest absolute Gasteiger partial charge is 0.360 e. The van der Waals surface area contributed by atoms with Crippen LogP contribution in [-0.4, -0.2) is 26.2 Å². The maximum Gasteiger partial charge on any atom is 0.345 e. The first kappa shape index (κ1) is 14.4. The number of hydrogen-bond acceptors (Lipinski definition) is 5. The van der Waals surface area contributed by atoms with E-state index in [0.717, 1.165) is 17.1 Å². The Labute approximate surface area is 134 Å². The molecule has 0 radical (unpaired) electrons. The smallest absolute Gasteiger partial charge is 0.345 e. The number of anilines is 1. The molecule has 21 heavy (non-hydrogen) atoms. The highest BCUT2D eigenvalue weighted by Gasteiger charge is 2.32. The van der Waals surface area contributed by atoms with Crippen LogP contribution in [0, 0.1) is 10.1 Å². The average molecular weight is 369 g/mol. The molecule has 6 nitrogen and oxygen atoms in total. The fourth-order valence-electron chi connectivity index (χ4n) is 2.14. The predicted octanol–water partition coefficient (Wildman–Crippen LogP) is 3.45. The van der Waals surface area contributed by atoms with Crippen molar-refractivity contribution in [3.63, 3.8) is 0 Å². The molecule has 0 spiro atoms. The van der Waals surface area contributed by atoms with E-state index in [-0.39, 0.29) is 16.3 Å². The lowest BCUT2D eigenvalue weighted by atomic mass is 10.2. The van der Waals surface area contributed by atoms with Gasteiger partial charge in [0.2, 0.25) is 10.4 Å². The van der Waals surface area contributed by atoms with E-state index in [4.69, 9.17) is 0 Å². The van der Waals surface area contributed by atoms with E-state index >= 15 is 0 Å². The molecule has 0 bridgehead atoms. The minimum absolute atomic E-state index is 0.00262. The van der Waals surface area contributed by atoms with E-state index in [1.807, 2.05) is 42.1 Å². The molecule has 110 valence electrons. The van der Waals surface area contributed by atoms with Crippen molar-refractivity contribution >= 4 is 39.2 Å². The summed E-state index contributed by atoms with van der Waals surface area (Å²) in [6, 6.07) is 10.0. The van der Waals surface area contributed by atoms with E-state index in [9.17, 15) is 10.1 Å². The van der Waals surface area contributed by atoms with Gasteiger partial charge in [-0.1, -0.05) is 30.3 Å². The summed E-state index contributed by atoms with van der Waals surface area (Å²) in [6.45, 7) is 0.527. The highest BCUT2D eigenvalue weighted by molar-refractivity contribution is 9.10. The number of nitrogens with zero attached hydrogens (tertiary/aromatic N) is 3. The normalized spacial score (nSPS) is 14.7. The van der Waals surface area contributed by atoms with Crippen molar-refractivity contribution in [3.05, 3.63) is 50.6 Å². The molecule has 2 aromatic rings. The first-order valence-electron chi connectivity index (χ1n) is 6.44. The van der Waals surface area contributed by atoms with Crippen LogP contribution in [0.3, 0.4) is 0 Å². The topological polar surface area (TPSA) is 73.0 Å². The maximum atomic E-state index is 11.3. The Bertz CT molecular complexity index is 658. The summed E-state index contributed by atoms with van der Waals surface area (Å²) in [7, 11) is 0. The summed E-state index contributed by atoms with van der Waals surface area (Å²) in [6.07, 6.45) is 0. The van der Waals surface area contributed by atoms with Crippen LogP contribution < -0.4 is 5.32 Å². The molecular formula is C13H13BrN4O2S. The third-order valence-electron chi connectivity index (χ3n) is 3.30. The highest BCUT2D eigenvalue weighted by Crippen LogP contribution is 2.39. The fraction of sp³-hybridized carbons (Fsp3) is 0.308. The average Bonchev–Trinajstić information content (AvgIpc) is 2.72. The lowest BCUT2D eigenvalue weighted by molar-refractivity contribution is -0.384. The Hall–Kier alpha value is -1.54. The number of aromatic nitrogens is 2. The minimum atomic E-state index is -0.396. The molecule has 1 aliphatic heterocycles. The Morgan fingerprint density at radius 3 is 2.71 bits per heavy atom. The Kier molecular flexibility index (Phi) is 4.16. The van der Waals surface area contributed by atoms with Gasteiger partial charge in [0.1, 0.15) is 0 Å². The second kappa shape index (κ2) is 6.07. The molecular weight excluding hydrogens is 356 g/mol. The van der Waals surface area contributed by atoms with Crippen molar-refractivity contribution in [2.75, 3.05) is 16.8 Å². The zero-order valence-corrected chi connectivity index (χ0v) is 13.4. The van der Waals surface area contributed by atoms with Gasteiger partial charge in [0.25, 0.3) is 0 Å². The summed E-state index contributed by atoms with van der Waals surface area (Å²) in [4.78, 5) is 10.9. The number of nitro groups is 1. The molecule has 1 aromatic heterocycles. The molecule has 1 fully saturated rings. The summed E-state index contributed by atoms with van der Waals surface area (Å²) >= 11 is 5.01. The third kappa shape index (κ3) is 2.91. The third-order valence-corrected chi connectivity index (χ3v) is 5.07. The Balaban J connectivity index is 1.89. The Morgan fingerprint density at radius 1 is 1.43 bits per heavy atom. The molecule has 1 aromatic carbocycles. The van der Waals surface area contributed by atoms with E-state index < -0.39 is 4.92 Å². The maximum absolute atomic E-state index is 11.3. The Morgan fingerprint density at radius 2 is 2.14 bits per heavy atom. The fourth-order valence-corrected chi connectivity index (χ4v) is 3.37. The van der Waals surface area contributed by atoms with Crippen molar-refractivity contribution in [1.29, 1.82) is 0 Å². The molecule has 0 unspecified atom stereocenters. The van der Waals surface area contributed by atoms with Crippen molar-refractivity contribution in [1.82, 2.24) is 9.78 Å². The molecule has 0 aliphatic carbocycles. The van der Waals surface area contributed by atoms with Gasteiger partial charge in [-0.15, -0.1) is 0 Å². The van der Waals surface area contributed by atoms with Crippen LogP contribution in [0.1, 0.15) is 11.6 Å². The van der Waals surface area contributed by atoms with Gasteiger partial charge in [-0.3, -0.25) is 10.1 Å². The lowest BCUT2D eigenvalue weighted by Crippen LogP contribution is -2.25. The van der Waals surface area contributed by atoms with Gasteiger partial charge in [-0.05, 0) is 21.5 Å². The summed E-state index contributed by atoms with van der Waals surface area (Å²) in [5.74, 6) is 2.34. The van der Waals surface area contributed by atoms with Gasteiger partial charge in [-0.25, -0.2) is 4.68 Å². The van der Waals surface area contributed by atoms with Gasteiger partial charge >= 0.3 is 5.69 Å². The van der Waals surface area contributed by atoms with Crippen molar-refractivity contribution in [3.8, 4) is 0 Å². The van der Waals surface area contributed by atoms with Gasteiger partial charge in [0.15, 0.2) is 0 Å². The first-order valence-corrected chi connectivity index (χ1v) is 8.39. The van der Waals surface area contributed by atoms with Crippen molar-refractivity contribution in [2.45, 2.75) is 12.6 Å². The van der Waals surface area contributed by atoms with Crippen LogP contribution in [-0.2, 0) is 6.54 Å². The highest BCUT2D eigenvalue weighted by atomic mass is 79.9. The number of hydrogen-bond donors (Lipinski definition) is 1. The van der Waals surface area contributed by atoms with Crippen molar-refractivity contribution < 1.29 is 4.92 Å². The van der Waals surface area contributed by atoms with Crippen LogP contribution in [0.15, 0.2) is 34.9 Å². The molecule has 8 heteroatoms. The van der Waals surface area contributed by atoms with Crippen LogP contribution in [0.2, 0.25) is 0 Å². The molecule has 1 saturated heterocycles. The number of halogens is 1. The molecule has 3 rings (SSSR count). The summed E-state index contributed by atoms with van der Waals surface area (Å²) in [5.41, 5.74) is 1.07. The van der Waals surface area contributed by atoms with E-state index in [1.165, 1.54) is 0 Å². The van der Waals surface area contributed by atoms with Crippen LogP contribution in [0.4, 0.5) is 11.5 Å². The zero-order valence-electron chi connectivity index (χ0n) is 11.0. The lowest BCUT2D eigenvalue weighted by Gasteiger charge is -2.26. The van der Waals surface area contributed by atoms with E-state index in [2.05, 4.69) is 26.3 Å². The summed E-state index contributed by atoms with van der Waals surface area (Å²) in [5, 5.41) is 18.7. The first-order chi connectivity index (χ1) is 10.2. The number of thioether (sulfide) groups is 1. The second-order valence-corrected chi connectivity index (χ2v) is 6.55. The molecule has 1 N–H and O–H groups in total.